The average Bonchev–Trinajstić information content (AvgIpc) is 3.50. The lowest BCUT2D eigenvalue weighted by Crippen LogP contribution is -2.40. The lowest BCUT2D eigenvalue weighted by Gasteiger charge is -2.34. The van der Waals surface area contributed by atoms with Gasteiger partial charge in [0.15, 0.2) is 5.69 Å². The van der Waals surface area contributed by atoms with Crippen LogP contribution in [0.4, 0.5) is 8.78 Å². The molecule has 2 aromatic heterocycles. The van der Waals surface area contributed by atoms with Crippen LogP contribution in [0.2, 0.25) is 0 Å². The van der Waals surface area contributed by atoms with Crippen LogP contribution in [0.1, 0.15) is 91.0 Å². The van der Waals surface area contributed by atoms with Crippen molar-refractivity contribution in [2.24, 2.45) is 11.8 Å². The van der Waals surface area contributed by atoms with Crippen LogP contribution in [0.15, 0.2) is 22.8 Å². The third-order valence-corrected chi connectivity index (χ3v) is 7.98. The minimum absolute atomic E-state index is 0.114. The van der Waals surface area contributed by atoms with Crippen LogP contribution in [-0.4, -0.2) is 50.7 Å². The fourth-order valence-corrected chi connectivity index (χ4v) is 5.73. The summed E-state index contributed by atoms with van der Waals surface area (Å²) in [5, 5.41) is 13.5. The van der Waals surface area contributed by atoms with Crippen molar-refractivity contribution in [3.63, 3.8) is 0 Å². The van der Waals surface area contributed by atoms with E-state index in [0.29, 0.717) is 24.0 Å². The summed E-state index contributed by atoms with van der Waals surface area (Å²) >= 11 is 0. The van der Waals surface area contributed by atoms with Crippen molar-refractivity contribution in [3.8, 4) is 0 Å². The third kappa shape index (κ3) is 5.66. The highest BCUT2D eigenvalue weighted by molar-refractivity contribution is 5.93. The number of benzene rings is 1. The summed E-state index contributed by atoms with van der Waals surface area (Å²) in [6.45, 7) is 2.25. The van der Waals surface area contributed by atoms with Crippen molar-refractivity contribution < 1.29 is 27.7 Å². The average molecular weight is 543 g/mol. The molecule has 0 spiro atoms. The highest BCUT2D eigenvalue weighted by Crippen LogP contribution is 2.45. The molecule has 3 aromatic rings. The maximum atomic E-state index is 13.2. The number of carbonyl (C=O) groups is 2. The largest absolute Gasteiger partial charge is 0.376 e. The predicted molar refractivity (Wildman–Crippen MR) is 135 cm³/mol. The number of imidazole rings is 1. The molecule has 3 heterocycles. The number of rotatable bonds is 9. The van der Waals surface area contributed by atoms with Crippen LogP contribution in [0.25, 0.3) is 11.0 Å². The Morgan fingerprint density at radius 1 is 1.13 bits per heavy atom. The molecule has 3 N–H and O–H groups in total. The van der Waals surface area contributed by atoms with E-state index < -0.39 is 17.9 Å². The van der Waals surface area contributed by atoms with Gasteiger partial charge in [0.2, 0.25) is 11.8 Å². The summed E-state index contributed by atoms with van der Waals surface area (Å²) in [6, 6.07) is 5.09. The lowest BCUT2D eigenvalue weighted by molar-refractivity contribution is -0.134. The Balaban J connectivity index is 1.22. The van der Waals surface area contributed by atoms with Crippen LogP contribution < -0.4 is 10.6 Å². The first kappa shape index (κ1) is 25.8. The monoisotopic (exact) mass is 542 g/mol. The topological polar surface area (TPSA) is 135 Å². The number of alkyl halides is 2. The van der Waals surface area contributed by atoms with Gasteiger partial charge >= 0.3 is 0 Å². The minimum Gasteiger partial charge on any atom is -0.376 e. The van der Waals surface area contributed by atoms with Crippen molar-refractivity contribution in [2.45, 2.75) is 82.4 Å². The number of nitrogens with one attached hydrogen (secondary N) is 3. The first-order valence-electron chi connectivity index (χ1n) is 13.6. The van der Waals surface area contributed by atoms with Gasteiger partial charge in [-0.15, -0.1) is 0 Å². The molecule has 10 nitrogen and oxygen atoms in total. The molecule has 3 aliphatic rings. The van der Waals surface area contributed by atoms with E-state index in [2.05, 4.69) is 25.9 Å². The van der Waals surface area contributed by atoms with E-state index in [1.165, 1.54) is 0 Å². The second-order valence-corrected chi connectivity index (χ2v) is 11.2. The molecule has 3 fully saturated rings. The summed E-state index contributed by atoms with van der Waals surface area (Å²) < 4.78 is 37.1. The van der Waals surface area contributed by atoms with Gasteiger partial charge in [-0.05, 0) is 73.7 Å². The van der Waals surface area contributed by atoms with Gasteiger partial charge in [0.1, 0.15) is 17.6 Å². The highest BCUT2D eigenvalue weighted by Gasteiger charge is 2.46. The molecule has 2 saturated carbocycles. The molecule has 39 heavy (non-hydrogen) atoms. The number of ether oxygens (including phenoxy) is 1. The number of nitrogens with zero attached hydrogens (tertiary/aromatic N) is 3. The maximum Gasteiger partial charge on any atom is 0.276 e. The van der Waals surface area contributed by atoms with Crippen LogP contribution in [-0.2, 0) is 9.53 Å². The summed E-state index contributed by atoms with van der Waals surface area (Å²) in [7, 11) is 0. The van der Waals surface area contributed by atoms with E-state index in [1.807, 2.05) is 18.2 Å². The Morgan fingerprint density at radius 3 is 2.62 bits per heavy atom. The van der Waals surface area contributed by atoms with Crippen molar-refractivity contribution in [2.75, 3.05) is 6.61 Å². The number of aryl methyl sites for hydroxylation is 1. The van der Waals surface area contributed by atoms with Gasteiger partial charge in [-0.2, -0.15) is 0 Å². The van der Waals surface area contributed by atoms with Gasteiger partial charge in [-0.3, -0.25) is 9.59 Å². The number of halogens is 2. The first-order valence-corrected chi connectivity index (χ1v) is 13.6. The molecular formula is C27H32F2N6O4. The molecular weight excluding hydrogens is 510 g/mol. The standard InChI is InChI=1S/C27H32F2N6O4/c1-14-22(35-39-34-14)26(37)33-24(20-4-2-3-9-38-20)25-30-18-8-7-17(11-19(18)31-25)23(16-5-6-16)32-21(36)10-15-12-27(28,29)13-15/h7-8,11,15-16,20,23-24H,2-6,9-10,12-13H2,1H3,(H,30,31)(H,32,36)(H,33,37)/t20-,23?,24-/m0/s1. The zero-order valence-electron chi connectivity index (χ0n) is 21.7. The van der Waals surface area contributed by atoms with Crippen LogP contribution >= 0.6 is 0 Å². The zero-order valence-corrected chi connectivity index (χ0v) is 21.7. The summed E-state index contributed by atoms with van der Waals surface area (Å²) in [6.07, 6.45) is 4.14. The van der Waals surface area contributed by atoms with E-state index in [-0.39, 0.29) is 48.9 Å². The molecule has 0 bridgehead atoms. The van der Waals surface area contributed by atoms with Gasteiger partial charge < -0.3 is 20.4 Å². The van der Waals surface area contributed by atoms with Crippen molar-refractivity contribution >= 4 is 22.8 Å². The fraction of sp³-hybridized carbons (Fsp3) is 0.593. The van der Waals surface area contributed by atoms with E-state index >= 15 is 0 Å². The molecule has 1 aromatic carbocycles. The molecule has 208 valence electrons. The van der Waals surface area contributed by atoms with Crippen molar-refractivity contribution in [1.82, 2.24) is 30.9 Å². The quantitative estimate of drug-likeness (QED) is 0.367. The summed E-state index contributed by atoms with van der Waals surface area (Å²) in [5.41, 5.74) is 2.94. The molecule has 1 unspecified atom stereocenters. The van der Waals surface area contributed by atoms with Gasteiger partial charge in [0.05, 0.1) is 23.2 Å². The minimum atomic E-state index is -2.63. The van der Waals surface area contributed by atoms with Gasteiger partial charge in [0.25, 0.3) is 5.91 Å². The van der Waals surface area contributed by atoms with E-state index in [4.69, 9.17) is 14.3 Å². The number of hydrogen-bond acceptors (Lipinski definition) is 7. The number of carbonyl (C=O) groups excluding carboxylic acids is 2. The Labute approximate surface area is 223 Å². The van der Waals surface area contributed by atoms with Crippen molar-refractivity contribution in [3.05, 3.63) is 41.0 Å². The molecule has 12 heteroatoms. The number of aromatic amines is 1. The summed E-state index contributed by atoms with van der Waals surface area (Å²) in [5.74, 6) is -2.62. The Bertz CT molecular complexity index is 1360. The molecule has 3 atom stereocenters. The number of fused-ring (bicyclic) bond motifs is 1. The summed E-state index contributed by atoms with van der Waals surface area (Å²) in [4.78, 5) is 33.8. The number of amides is 2. The lowest BCUT2D eigenvalue weighted by atomic mass is 9.79. The zero-order chi connectivity index (χ0) is 27.1. The fourth-order valence-electron chi connectivity index (χ4n) is 5.73. The molecule has 2 aliphatic carbocycles. The van der Waals surface area contributed by atoms with E-state index in [9.17, 15) is 18.4 Å². The second-order valence-electron chi connectivity index (χ2n) is 11.2. The Kier molecular flexibility index (Phi) is 6.82. The van der Waals surface area contributed by atoms with Crippen molar-refractivity contribution in [1.29, 1.82) is 0 Å². The third-order valence-electron chi connectivity index (χ3n) is 7.98. The van der Waals surface area contributed by atoms with Crippen LogP contribution in [0.3, 0.4) is 0 Å². The maximum absolute atomic E-state index is 13.2. The van der Waals surface area contributed by atoms with Crippen LogP contribution in [0.5, 0.6) is 0 Å². The van der Waals surface area contributed by atoms with Gasteiger partial charge in [-0.25, -0.2) is 18.4 Å². The SMILES string of the molecule is Cc1nonc1C(=O)N[C@H](c1nc2ccc(C(NC(=O)CC3CC(F)(F)C3)C3CC3)cc2[nH]1)[C@@H]1CCCCO1. The molecule has 1 aliphatic heterocycles. The highest BCUT2D eigenvalue weighted by atomic mass is 19.3. The van der Waals surface area contributed by atoms with Gasteiger partial charge in [0, 0.05) is 25.9 Å². The first-order chi connectivity index (χ1) is 18.8. The molecule has 6 rings (SSSR count). The Morgan fingerprint density at radius 2 is 1.95 bits per heavy atom. The predicted octanol–water partition coefficient (Wildman–Crippen LogP) is 4.30. The van der Waals surface area contributed by atoms with Gasteiger partial charge in [-0.1, -0.05) is 11.2 Å². The smallest absolute Gasteiger partial charge is 0.276 e. The number of hydrogen-bond donors (Lipinski definition) is 3. The normalized spacial score (nSPS) is 22.7. The molecule has 0 radical (unpaired) electrons. The Hall–Kier alpha value is -3.41. The number of aromatic nitrogens is 4. The second kappa shape index (κ2) is 10.3. The van der Waals surface area contributed by atoms with E-state index in [1.54, 1.807) is 6.92 Å². The molecule has 2 amide bonds. The molecule has 1 saturated heterocycles. The van der Waals surface area contributed by atoms with Crippen LogP contribution in [0, 0.1) is 18.8 Å². The number of H-pyrrole nitrogens is 1. The van der Waals surface area contributed by atoms with E-state index in [0.717, 1.165) is 48.7 Å².